The number of nitrogens with zero attached hydrogens (tertiary/aromatic N) is 2. The molecular weight excluding hydrogens is 440 g/mol. The van der Waals surface area contributed by atoms with Crippen molar-refractivity contribution in [2.75, 3.05) is 19.5 Å². The van der Waals surface area contributed by atoms with E-state index in [1.807, 2.05) is 36.4 Å². The van der Waals surface area contributed by atoms with Crippen LogP contribution in [0.5, 0.6) is 11.5 Å². The fraction of sp³-hybridized carbons (Fsp3) is 0.0769. The molecule has 0 radical (unpaired) electrons. The number of halogens is 2. The van der Waals surface area contributed by atoms with Crippen LogP contribution in [-0.2, 0) is 4.79 Å². The Kier molecular flexibility index (Phi) is 6.68. The predicted octanol–water partition coefficient (Wildman–Crippen LogP) is 5.49. The van der Waals surface area contributed by atoms with Crippen molar-refractivity contribution < 1.29 is 23.0 Å². The van der Waals surface area contributed by atoms with Crippen molar-refractivity contribution in [1.29, 1.82) is 0 Å². The number of anilines is 1. The molecule has 0 saturated heterocycles. The van der Waals surface area contributed by atoms with Crippen LogP contribution < -0.4 is 14.8 Å². The Bertz CT molecular complexity index is 1330. The van der Waals surface area contributed by atoms with E-state index in [4.69, 9.17) is 9.47 Å². The summed E-state index contributed by atoms with van der Waals surface area (Å²) in [7, 11) is 3.09. The number of nitrogens with one attached hydrogen (secondary N) is 1. The number of hydrogen-bond acceptors (Lipinski definition) is 4. The van der Waals surface area contributed by atoms with Gasteiger partial charge in [-0.25, -0.2) is 13.5 Å². The molecule has 1 amide bonds. The van der Waals surface area contributed by atoms with Gasteiger partial charge in [0.2, 0.25) is 5.91 Å². The highest BCUT2D eigenvalue weighted by Gasteiger charge is 2.15. The van der Waals surface area contributed by atoms with Crippen molar-refractivity contribution in [3.8, 4) is 28.4 Å². The van der Waals surface area contributed by atoms with Gasteiger partial charge in [-0.3, -0.25) is 4.79 Å². The van der Waals surface area contributed by atoms with Crippen molar-refractivity contribution in [3.63, 3.8) is 0 Å². The van der Waals surface area contributed by atoms with Crippen molar-refractivity contribution in [1.82, 2.24) is 9.78 Å². The topological polar surface area (TPSA) is 65.4 Å². The first-order chi connectivity index (χ1) is 16.5. The van der Waals surface area contributed by atoms with Crippen LogP contribution in [0, 0.1) is 11.6 Å². The molecule has 0 bridgehead atoms. The molecule has 0 atom stereocenters. The Labute approximate surface area is 195 Å². The van der Waals surface area contributed by atoms with Crippen LogP contribution in [0.2, 0.25) is 0 Å². The minimum absolute atomic E-state index is 0.503. The van der Waals surface area contributed by atoms with Crippen molar-refractivity contribution in [2.24, 2.45) is 0 Å². The molecule has 4 aromatic rings. The van der Waals surface area contributed by atoms with Gasteiger partial charge in [0, 0.05) is 23.4 Å². The Morgan fingerprint density at radius 3 is 2.32 bits per heavy atom. The van der Waals surface area contributed by atoms with Crippen LogP contribution >= 0.6 is 0 Å². The van der Waals surface area contributed by atoms with Crippen molar-refractivity contribution in [3.05, 3.63) is 96.2 Å². The number of para-hydroxylation sites is 2. The molecule has 1 aromatic heterocycles. The lowest BCUT2D eigenvalue weighted by Crippen LogP contribution is -2.10. The van der Waals surface area contributed by atoms with E-state index in [1.54, 1.807) is 30.1 Å². The molecule has 0 fully saturated rings. The average molecular weight is 461 g/mol. The van der Waals surface area contributed by atoms with Gasteiger partial charge in [-0.2, -0.15) is 5.10 Å². The number of carbonyl (C=O) groups is 1. The first-order valence-corrected chi connectivity index (χ1v) is 10.3. The van der Waals surface area contributed by atoms with Crippen molar-refractivity contribution >= 4 is 17.7 Å². The number of carbonyl (C=O) groups excluding carboxylic acids is 1. The zero-order valence-corrected chi connectivity index (χ0v) is 18.5. The molecule has 1 heterocycles. The van der Waals surface area contributed by atoms with Crippen LogP contribution in [0.4, 0.5) is 14.5 Å². The van der Waals surface area contributed by atoms with Gasteiger partial charge >= 0.3 is 0 Å². The molecule has 4 rings (SSSR count). The average Bonchev–Trinajstić information content (AvgIpc) is 3.29. The summed E-state index contributed by atoms with van der Waals surface area (Å²) in [5, 5.41) is 6.93. The van der Waals surface area contributed by atoms with Crippen LogP contribution in [0.25, 0.3) is 23.0 Å². The van der Waals surface area contributed by atoms with Gasteiger partial charge in [-0.05, 0) is 48.5 Å². The number of rotatable bonds is 7. The Morgan fingerprint density at radius 1 is 0.941 bits per heavy atom. The zero-order valence-electron chi connectivity index (χ0n) is 18.5. The number of amides is 1. The van der Waals surface area contributed by atoms with Crippen LogP contribution in [0.1, 0.15) is 5.56 Å². The zero-order chi connectivity index (χ0) is 24.1. The molecule has 0 aliphatic rings. The molecule has 0 aliphatic heterocycles. The standard InChI is InChI=1S/C26H21F2N3O3/c1-33-22-13-11-17(15-23(22)34-2)25-18(16-31(30-25)19-7-4-3-5-8-19)12-14-24(32)29-26-20(27)9-6-10-21(26)28/h3-16H,1-2H3,(H,29,32)/b14-12+. The fourth-order valence-corrected chi connectivity index (χ4v) is 3.38. The monoisotopic (exact) mass is 461 g/mol. The number of benzene rings is 3. The normalized spacial score (nSPS) is 10.9. The molecular formula is C26H21F2N3O3. The summed E-state index contributed by atoms with van der Waals surface area (Å²) < 4.78 is 40.1. The van der Waals surface area contributed by atoms with E-state index in [-0.39, 0.29) is 0 Å². The lowest BCUT2D eigenvalue weighted by atomic mass is 10.1. The number of hydrogen-bond donors (Lipinski definition) is 1. The van der Waals surface area contributed by atoms with Gasteiger partial charge in [0.1, 0.15) is 23.0 Å². The highest BCUT2D eigenvalue weighted by molar-refractivity contribution is 6.02. The summed E-state index contributed by atoms with van der Waals surface area (Å²) in [6, 6.07) is 18.2. The molecule has 0 spiro atoms. The van der Waals surface area contributed by atoms with Crippen LogP contribution in [0.3, 0.4) is 0 Å². The van der Waals surface area contributed by atoms with E-state index in [0.29, 0.717) is 22.8 Å². The largest absolute Gasteiger partial charge is 0.493 e. The molecule has 0 unspecified atom stereocenters. The lowest BCUT2D eigenvalue weighted by molar-refractivity contribution is -0.111. The Morgan fingerprint density at radius 2 is 1.65 bits per heavy atom. The first-order valence-electron chi connectivity index (χ1n) is 10.3. The lowest BCUT2D eigenvalue weighted by Gasteiger charge is -2.09. The van der Waals surface area contributed by atoms with Crippen LogP contribution in [0.15, 0.2) is 79.0 Å². The Balaban J connectivity index is 1.71. The van der Waals surface area contributed by atoms with Gasteiger partial charge in [0.25, 0.3) is 0 Å². The van der Waals surface area contributed by atoms with E-state index in [0.717, 1.165) is 23.4 Å². The van der Waals surface area contributed by atoms with E-state index >= 15 is 0 Å². The maximum absolute atomic E-state index is 13.9. The molecule has 0 saturated carbocycles. The Hall–Kier alpha value is -4.46. The molecule has 6 nitrogen and oxygen atoms in total. The molecule has 8 heteroatoms. The molecule has 34 heavy (non-hydrogen) atoms. The molecule has 172 valence electrons. The fourth-order valence-electron chi connectivity index (χ4n) is 3.38. The van der Waals surface area contributed by atoms with Gasteiger partial charge in [0.05, 0.1) is 19.9 Å². The highest BCUT2D eigenvalue weighted by atomic mass is 19.1. The third kappa shape index (κ3) is 4.80. The summed E-state index contributed by atoms with van der Waals surface area (Å²) in [4.78, 5) is 12.4. The SMILES string of the molecule is COc1ccc(-c2nn(-c3ccccc3)cc2/C=C/C(=O)Nc2c(F)cccc2F)cc1OC. The van der Waals surface area contributed by atoms with E-state index in [9.17, 15) is 13.6 Å². The second-order valence-electron chi connectivity index (χ2n) is 7.20. The third-order valence-corrected chi connectivity index (χ3v) is 5.05. The van der Waals surface area contributed by atoms with Crippen LogP contribution in [-0.4, -0.2) is 29.9 Å². The predicted molar refractivity (Wildman–Crippen MR) is 126 cm³/mol. The maximum atomic E-state index is 13.9. The second-order valence-corrected chi connectivity index (χ2v) is 7.20. The maximum Gasteiger partial charge on any atom is 0.248 e. The minimum Gasteiger partial charge on any atom is -0.493 e. The van der Waals surface area contributed by atoms with E-state index < -0.39 is 23.2 Å². The third-order valence-electron chi connectivity index (χ3n) is 5.05. The summed E-state index contributed by atoms with van der Waals surface area (Å²) in [6.45, 7) is 0. The van der Waals surface area contributed by atoms with Gasteiger partial charge < -0.3 is 14.8 Å². The number of aromatic nitrogens is 2. The first kappa shape index (κ1) is 22.7. The van der Waals surface area contributed by atoms with Gasteiger partial charge in [-0.15, -0.1) is 0 Å². The molecule has 3 aromatic carbocycles. The van der Waals surface area contributed by atoms with Gasteiger partial charge in [0.15, 0.2) is 11.5 Å². The van der Waals surface area contributed by atoms with Crippen molar-refractivity contribution in [2.45, 2.75) is 0 Å². The summed E-state index contributed by atoms with van der Waals surface area (Å²) in [6.07, 6.45) is 4.49. The smallest absolute Gasteiger partial charge is 0.248 e. The minimum atomic E-state index is -0.857. The quantitative estimate of drug-likeness (QED) is 0.370. The van der Waals surface area contributed by atoms with E-state index in [2.05, 4.69) is 10.4 Å². The highest BCUT2D eigenvalue weighted by Crippen LogP contribution is 2.33. The second kappa shape index (κ2) is 9.99. The summed E-state index contributed by atoms with van der Waals surface area (Å²) in [5.74, 6) is -1.31. The summed E-state index contributed by atoms with van der Waals surface area (Å²) >= 11 is 0. The van der Waals surface area contributed by atoms with Gasteiger partial charge in [-0.1, -0.05) is 24.3 Å². The number of methoxy groups -OCH3 is 2. The summed E-state index contributed by atoms with van der Waals surface area (Å²) in [5.41, 5.74) is 2.23. The van der Waals surface area contributed by atoms with E-state index in [1.165, 1.54) is 25.3 Å². The molecule has 1 N–H and O–H groups in total. The number of ether oxygens (including phenoxy) is 2. The molecule has 0 aliphatic carbocycles.